The van der Waals surface area contributed by atoms with E-state index in [4.69, 9.17) is 4.84 Å². The van der Waals surface area contributed by atoms with Crippen LogP contribution >= 0.6 is 0 Å². The molecular formula is C20H22N6O2. The van der Waals surface area contributed by atoms with Crippen LogP contribution in [0.3, 0.4) is 0 Å². The minimum atomic E-state index is 0.0570. The molecule has 0 fully saturated rings. The van der Waals surface area contributed by atoms with Gasteiger partial charge in [-0.2, -0.15) is 0 Å². The Balaban J connectivity index is 1.63. The summed E-state index contributed by atoms with van der Waals surface area (Å²) in [6.45, 7) is 6.67. The van der Waals surface area contributed by atoms with Crippen molar-refractivity contribution in [3.63, 3.8) is 0 Å². The summed E-state index contributed by atoms with van der Waals surface area (Å²) < 4.78 is 3.66. The molecule has 0 unspecified atom stereocenters. The summed E-state index contributed by atoms with van der Waals surface area (Å²) >= 11 is 0. The molecule has 28 heavy (non-hydrogen) atoms. The van der Waals surface area contributed by atoms with Gasteiger partial charge in [-0.05, 0) is 31.9 Å². The Labute approximate surface area is 162 Å². The lowest BCUT2D eigenvalue weighted by Gasteiger charge is -2.04. The van der Waals surface area contributed by atoms with Crippen molar-refractivity contribution in [3.05, 3.63) is 59.3 Å². The molecule has 0 saturated heterocycles. The molecule has 0 spiro atoms. The lowest BCUT2D eigenvalue weighted by molar-refractivity contribution is 0.125. The van der Waals surface area contributed by atoms with Crippen molar-refractivity contribution in [2.24, 2.45) is 5.16 Å². The number of fused-ring (bicyclic) bond motifs is 3. The maximum Gasteiger partial charge on any atom is 0.192 e. The van der Waals surface area contributed by atoms with Crippen LogP contribution in [0.1, 0.15) is 29.6 Å². The van der Waals surface area contributed by atoms with Gasteiger partial charge in [-0.15, -0.1) is 5.10 Å². The number of hydrogen-bond acceptors (Lipinski definition) is 6. The topological polar surface area (TPSA) is 89.8 Å². The Morgan fingerprint density at radius 3 is 2.71 bits per heavy atom. The third-order valence-electron chi connectivity index (χ3n) is 4.90. The van der Waals surface area contributed by atoms with Crippen LogP contribution in [0.25, 0.3) is 16.7 Å². The van der Waals surface area contributed by atoms with Gasteiger partial charge in [-0.3, -0.25) is 0 Å². The molecule has 8 heteroatoms. The molecule has 0 saturated carbocycles. The van der Waals surface area contributed by atoms with Crippen LogP contribution in [0.15, 0.2) is 41.8 Å². The van der Waals surface area contributed by atoms with Crippen molar-refractivity contribution >= 4 is 22.4 Å². The number of aliphatic hydroxyl groups is 1. The molecule has 0 atom stereocenters. The predicted octanol–water partition coefficient (Wildman–Crippen LogP) is 2.63. The average molecular weight is 378 g/mol. The van der Waals surface area contributed by atoms with Crippen LogP contribution in [-0.4, -0.2) is 41.6 Å². The third kappa shape index (κ3) is 3.11. The second kappa shape index (κ2) is 7.40. The molecule has 8 nitrogen and oxygen atoms in total. The summed E-state index contributed by atoms with van der Waals surface area (Å²) in [6, 6.07) is 9.85. The maximum atomic E-state index is 9.34. The van der Waals surface area contributed by atoms with Crippen molar-refractivity contribution in [1.82, 2.24) is 24.1 Å². The van der Waals surface area contributed by atoms with Crippen LogP contribution in [0.2, 0.25) is 0 Å². The van der Waals surface area contributed by atoms with Gasteiger partial charge in [-0.25, -0.2) is 14.5 Å². The molecule has 3 heterocycles. The predicted molar refractivity (Wildman–Crippen MR) is 106 cm³/mol. The molecule has 0 amide bonds. The van der Waals surface area contributed by atoms with Crippen molar-refractivity contribution in [3.8, 4) is 0 Å². The van der Waals surface area contributed by atoms with E-state index in [-0.39, 0.29) is 13.2 Å². The van der Waals surface area contributed by atoms with Crippen LogP contribution in [0, 0.1) is 13.8 Å². The zero-order valence-electron chi connectivity index (χ0n) is 16.1. The number of nitrogens with zero attached hydrogens (tertiary/aromatic N) is 6. The zero-order chi connectivity index (χ0) is 19.7. The van der Waals surface area contributed by atoms with Crippen molar-refractivity contribution in [2.45, 2.75) is 33.9 Å². The molecule has 3 aromatic heterocycles. The third-order valence-corrected chi connectivity index (χ3v) is 4.90. The van der Waals surface area contributed by atoms with E-state index >= 15 is 0 Å². The second-order valence-corrected chi connectivity index (χ2v) is 6.64. The van der Waals surface area contributed by atoms with E-state index in [0.29, 0.717) is 12.4 Å². The molecule has 0 radical (unpaired) electrons. The van der Waals surface area contributed by atoms with Crippen LogP contribution < -0.4 is 0 Å². The Bertz CT molecular complexity index is 1160. The maximum absolute atomic E-state index is 9.34. The number of rotatable bonds is 6. The highest BCUT2D eigenvalue weighted by Crippen LogP contribution is 2.26. The van der Waals surface area contributed by atoms with Gasteiger partial charge in [0.1, 0.15) is 12.0 Å². The second-order valence-electron chi connectivity index (χ2n) is 6.64. The fraction of sp³-hybridized carbons (Fsp3) is 0.300. The van der Waals surface area contributed by atoms with E-state index in [1.165, 1.54) is 0 Å². The van der Waals surface area contributed by atoms with Gasteiger partial charge in [0.05, 0.1) is 17.7 Å². The van der Waals surface area contributed by atoms with Crippen molar-refractivity contribution < 1.29 is 9.94 Å². The summed E-state index contributed by atoms with van der Waals surface area (Å²) in [5.41, 5.74) is 5.47. The van der Waals surface area contributed by atoms with Gasteiger partial charge in [0, 0.05) is 12.2 Å². The standard InChI is InChI=1S/C20H22N6O2/c1-13-15(3)25(9-10-27)19-18(13)20-22-17(23-26(20)12-21-19)11-28-24-14(2)16-7-5-4-6-8-16/h4-8,12,27H,9-11H2,1-3H3. The molecule has 1 N–H and O–H groups in total. The molecule has 4 rings (SSSR count). The summed E-state index contributed by atoms with van der Waals surface area (Å²) in [6.07, 6.45) is 1.64. The minimum Gasteiger partial charge on any atom is -0.395 e. The monoisotopic (exact) mass is 378 g/mol. The molecule has 0 aliphatic heterocycles. The van der Waals surface area contributed by atoms with E-state index in [9.17, 15) is 5.11 Å². The highest BCUT2D eigenvalue weighted by molar-refractivity contribution is 5.98. The SMILES string of the molecule is CC(=NOCc1nc2c3c(C)c(C)n(CCO)c3ncn2n1)c1ccccc1. The van der Waals surface area contributed by atoms with Crippen LogP contribution in [0.5, 0.6) is 0 Å². The number of aliphatic hydroxyl groups excluding tert-OH is 1. The van der Waals surface area contributed by atoms with Crippen molar-refractivity contribution in [2.75, 3.05) is 6.61 Å². The Kier molecular flexibility index (Phi) is 4.79. The van der Waals surface area contributed by atoms with Crippen LogP contribution in [-0.2, 0) is 18.0 Å². The lowest BCUT2D eigenvalue weighted by Crippen LogP contribution is -2.05. The largest absolute Gasteiger partial charge is 0.395 e. The first-order valence-electron chi connectivity index (χ1n) is 9.12. The molecule has 0 aliphatic carbocycles. The minimum absolute atomic E-state index is 0.0570. The lowest BCUT2D eigenvalue weighted by atomic mass is 10.1. The van der Waals surface area contributed by atoms with Crippen LogP contribution in [0.4, 0.5) is 0 Å². The number of benzene rings is 1. The first-order valence-corrected chi connectivity index (χ1v) is 9.12. The summed E-state index contributed by atoms with van der Waals surface area (Å²) in [5, 5.41) is 18.9. The Hall–Kier alpha value is -3.26. The van der Waals surface area contributed by atoms with Gasteiger partial charge >= 0.3 is 0 Å². The Morgan fingerprint density at radius 1 is 1.18 bits per heavy atom. The zero-order valence-corrected chi connectivity index (χ0v) is 16.1. The van der Waals surface area contributed by atoms with Gasteiger partial charge in [0.2, 0.25) is 0 Å². The Morgan fingerprint density at radius 2 is 1.96 bits per heavy atom. The highest BCUT2D eigenvalue weighted by Gasteiger charge is 2.17. The smallest absolute Gasteiger partial charge is 0.192 e. The summed E-state index contributed by atoms with van der Waals surface area (Å²) in [7, 11) is 0. The van der Waals surface area contributed by atoms with Gasteiger partial charge in [-0.1, -0.05) is 35.5 Å². The fourth-order valence-electron chi connectivity index (χ4n) is 3.33. The molecule has 1 aromatic carbocycles. The molecular weight excluding hydrogens is 356 g/mol. The van der Waals surface area contributed by atoms with E-state index in [0.717, 1.165) is 39.2 Å². The van der Waals surface area contributed by atoms with Gasteiger partial charge in [0.25, 0.3) is 0 Å². The quantitative estimate of drug-likeness (QED) is 0.411. The normalized spacial score (nSPS) is 12.2. The number of aromatic nitrogens is 5. The number of aryl methyl sites for hydroxylation is 1. The van der Waals surface area contributed by atoms with E-state index in [1.54, 1.807) is 10.8 Å². The number of hydrogen-bond donors (Lipinski definition) is 1. The molecule has 0 bridgehead atoms. The highest BCUT2D eigenvalue weighted by atomic mass is 16.6. The summed E-state index contributed by atoms with van der Waals surface area (Å²) in [5.74, 6) is 0.533. The summed E-state index contributed by atoms with van der Waals surface area (Å²) in [4.78, 5) is 14.6. The van der Waals surface area contributed by atoms with Gasteiger partial charge < -0.3 is 14.5 Å². The first-order chi connectivity index (χ1) is 13.6. The van der Waals surface area contributed by atoms with Crippen molar-refractivity contribution in [1.29, 1.82) is 0 Å². The fourth-order valence-corrected chi connectivity index (χ4v) is 3.33. The number of oxime groups is 1. The first kappa shape index (κ1) is 18.1. The van der Waals surface area contributed by atoms with Gasteiger partial charge in [0.15, 0.2) is 18.1 Å². The molecule has 4 aromatic rings. The van der Waals surface area contributed by atoms with E-state index in [1.807, 2.05) is 55.7 Å². The van der Waals surface area contributed by atoms with E-state index in [2.05, 4.69) is 20.2 Å². The molecule has 0 aliphatic rings. The molecule has 144 valence electrons. The average Bonchev–Trinajstić information content (AvgIpc) is 3.23. The van der Waals surface area contributed by atoms with E-state index < -0.39 is 0 Å².